The largest absolute Gasteiger partial charge is 0.493 e. The summed E-state index contributed by atoms with van der Waals surface area (Å²) in [4.78, 5) is 14.7. The number of hydrogen-bond donors (Lipinski definition) is 1. The quantitative estimate of drug-likeness (QED) is 0.397. The van der Waals surface area contributed by atoms with Crippen LogP contribution in [-0.2, 0) is 32.8 Å². The first-order valence-electron chi connectivity index (χ1n) is 14.6. The van der Waals surface area contributed by atoms with Gasteiger partial charge in [0.1, 0.15) is 6.10 Å². The van der Waals surface area contributed by atoms with Crippen LogP contribution in [-0.4, -0.2) is 73.1 Å². The van der Waals surface area contributed by atoms with E-state index in [1.807, 2.05) is 6.07 Å². The highest BCUT2D eigenvalue weighted by Crippen LogP contribution is 2.66. The number of carbonyl (C=O) groups excluding carboxylic acids is 1. The van der Waals surface area contributed by atoms with Gasteiger partial charge in [0.25, 0.3) is 0 Å². The van der Waals surface area contributed by atoms with Crippen LogP contribution in [0.1, 0.15) is 41.5 Å². The number of rotatable bonds is 6. The SMILES string of the molecule is COc1ccc2c3c1O[C@H]1[C@H](N(C)C(=O)/C=C\c4ccoc4)CC[C@@]4(O)[C@@H](C2)N(S(=O)(=O)c2ccc(C(F)(F)F)cc2)CC[C@]314. The summed E-state index contributed by atoms with van der Waals surface area (Å²) in [5.74, 6) is 0.688. The summed E-state index contributed by atoms with van der Waals surface area (Å²) in [6.45, 7) is -0.00292. The zero-order valence-electron chi connectivity index (χ0n) is 24.5. The molecule has 3 heterocycles. The van der Waals surface area contributed by atoms with Crippen LogP contribution in [0, 0.1) is 0 Å². The Kier molecular flexibility index (Phi) is 6.70. The highest BCUT2D eigenvalue weighted by atomic mass is 32.2. The molecule has 3 aromatic rings. The minimum atomic E-state index is -4.61. The molecule has 1 amide bonds. The van der Waals surface area contributed by atoms with Gasteiger partial charge in [0, 0.05) is 30.8 Å². The minimum Gasteiger partial charge on any atom is -0.493 e. The van der Waals surface area contributed by atoms with Gasteiger partial charge < -0.3 is 23.9 Å². The number of aliphatic hydroxyl groups is 1. The van der Waals surface area contributed by atoms with Crippen molar-refractivity contribution in [3.8, 4) is 11.5 Å². The van der Waals surface area contributed by atoms with E-state index in [1.54, 1.807) is 30.2 Å². The third-order valence-electron chi connectivity index (χ3n) is 10.2. The van der Waals surface area contributed by atoms with Gasteiger partial charge in [-0.1, -0.05) is 6.07 Å². The number of ether oxygens (including phenoxy) is 2. The number of hydrogen-bond acceptors (Lipinski definition) is 7. The van der Waals surface area contributed by atoms with Gasteiger partial charge in [-0.25, -0.2) is 8.42 Å². The summed E-state index contributed by atoms with van der Waals surface area (Å²) in [6.07, 6.45) is 1.62. The Morgan fingerprint density at radius 1 is 1.16 bits per heavy atom. The highest BCUT2D eigenvalue weighted by Gasteiger charge is 2.74. The van der Waals surface area contributed by atoms with Gasteiger partial charge in [0.15, 0.2) is 11.5 Å². The van der Waals surface area contributed by atoms with E-state index >= 15 is 0 Å². The molecule has 2 fully saturated rings. The van der Waals surface area contributed by atoms with Crippen molar-refractivity contribution in [3.63, 3.8) is 0 Å². The summed E-state index contributed by atoms with van der Waals surface area (Å²) in [7, 11) is -1.09. The fourth-order valence-electron chi connectivity index (χ4n) is 8.08. The zero-order chi connectivity index (χ0) is 31.9. The van der Waals surface area contributed by atoms with E-state index in [0.29, 0.717) is 17.9 Å². The number of piperidine rings is 1. The second kappa shape index (κ2) is 10.1. The molecule has 7 rings (SSSR count). The molecule has 2 aromatic carbocycles. The topological polar surface area (TPSA) is 110 Å². The number of alkyl halides is 3. The van der Waals surface area contributed by atoms with E-state index in [9.17, 15) is 31.5 Å². The van der Waals surface area contributed by atoms with Crippen LogP contribution in [0.25, 0.3) is 6.08 Å². The molecule has 1 spiro atoms. The van der Waals surface area contributed by atoms with Crippen LogP contribution in [0.4, 0.5) is 13.2 Å². The first-order chi connectivity index (χ1) is 21.3. The molecule has 0 radical (unpaired) electrons. The molecule has 2 aliphatic heterocycles. The molecule has 1 saturated carbocycles. The fraction of sp³-hybridized carbons (Fsp3) is 0.406. The average Bonchev–Trinajstić information content (AvgIpc) is 3.65. The predicted octanol–water partition coefficient (Wildman–Crippen LogP) is 4.39. The van der Waals surface area contributed by atoms with Crippen molar-refractivity contribution in [2.24, 2.45) is 0 Å². The van der Waals surface area contributed by atoms with Gasteiger partial charge in [-0.05, 0) is 73.7 Å². The van der Waals surface area contributed by atoms with E-state index in [-0.39, 0.29) is 36.6 Å². The van der Waals surface area contributed by atoms with E-state index in [2.05, 4.69) is 0 Å². The Labute approximate surface area is 257 Å². The van der Waals surface area contributed by atoms with Gasteiger partial charge in [-0.3, -0.25) is 4.79 Å². The molecule has 9 nitrogen and oxygen atoms in total. The normalized spacial score (nSPS) is 28.9. The Bertz CT molecular complexity index is 1790. The number of nitrogens with zero attached hydrogens (tertiary/aromatic N) is 2. The number of halogens is 3. The van der Waals surface area contributed by atoms with E-state index < -0.39 is 51.0 Å². The summed E-state index contributed by atoms with van der Waals surface area (Å²) in [6, 6.07) is 7.36. The average molecular weight is 645 g/mol. The Balaban J connectivity index is 1.29. The first-order valence-corrected chi connectivity index (χ1v) is 16.0. The van der Waals surface area contributed by atoms with Crippen molar-refractivity contribution in [1.29, 1.82) is 0 Å². The molecule has 1 aromatic heterocycles. The first kappa shape index (κ1) is 29.9. The van der Waals surface area contributed by atoms with E-state index in [1.165, 1.54) is 30.0 Å². The fourth-order valence-corrected chi connectivity index (χ4v) is 9.75. The molecular formula is C32H31F3N2O7S. The summed E-state index contributed by atoms with van der Waals surface area (Å²) in [5, 5.41) is 12.8. The lowest BCUT2D eigenvalue weighted by molar-refractivity contribution is -0.186. The molecular weight excluding hydrogens is 613 g/mol. The Morgan fingerprint density at radius 2 is 1.91 bits per heavy atom. The van der Waals surface area contributed by atoms with Crippen LogP contribution >= 0.6 is 0 Å². The van der Waals surface area contributed by atoms with Crippen LogP contribution in [0.2, 0.25) is 0 Å². The molecule has 2 aliphatic carbocycles. The molecule has 4 aliphatic rings. The molecule has 1 saturated heterocycles. The van der Waals surface area contributed by atoms with Crippen LogP contribution < -0.4 is 9.47 Å². The smallest absolute Gasteiger partial charge is 0.416 e. The Morgan fingerprint density at radius 3 is 2.58 bits per heavy atom. The molecule has 5 atom stereocenters. The summed E-state index contributed by atoms with van der Waals surface area (Å²) in [5.41, 5.74) is -1.31. The second-order valence-corrected chi connectivity index (χ2v) is 14.0. The lowest BCUT2D eigenvalue weighted by Crippen LogP contribution is -2.78. The summed E-state index contributed by atoms with van der Waals surface area (Å²) < 4.78 is 86.3. The van der Waals surface area contributed by atoms with Crippen molar-refractivity contribution in [2.75, 3.05) is 20.7 Å². The van der Waals surface area contributed by atoms with Gasteiger partial charge >= 0.3 is 6.18 Å². The monoisotopic (exact) mass is 644 g/mol. The molecule has 238 valence electrons. The van der Waals surface area contributed by atoms with Crippen LogP contribution in [0.3, 0.4) is 0 Å². The minimum absolute atomic E-state index is 0.00292. The van der Waals surface area contributed by atoms with Crippen molar-refractivity contribution in [2.45, 2.75) is 66.0 Å². The summed E-state index contributed by atoms with van der Waals surface area (Å²) >= 11 is 0. The van der Waals surface area contributed by atoms with Crippen molar-refractivity contribution < 1.29 is 45.4 Å². The maximum absolute atomic E-state index is 14.0. The number of benzene rings is 2. The standard InChI is InChI=1S/C32H31F3N2O7S/c1-36(26(38)10-3-19-12-16-43-18-19)23-11-13-31(39)25-17-20-4-9-24(42-2)28-27(20)30(31,29(23)44-28)14-15-37(25)45(40,41)22-7-5-21(6-8-22)32(33,34)35/h3-10,12,16,18,23,25,29,39H,11,13-15,17H2,1-2H3/b10-3-/t23-,25-,29+,30+,31-/m1/s1. The predicted molar refractivity (Wildman–Crippen MR) is 155 cm³/mol. The van der Waals surface area contributed by atoms with Gasteiger partial charge in [0.2, 0.25) is 15.9 Å². The van der Waals surface area contributed by atoms with Crippen molar-refractivity contribution in [1.82, 2.24) is 9.21 Å². The Hall–Kier alpha value is -3.81. The van der Waals surface area contributed by atoms with Gasteiger partial charge in [-0.2, -0.15) is 17.5 Å². The molecule has 13 heteroatoms. The zero-order valence-corrected chi connectivity index (χ0v) is 25.3. The molecule has 1 N–H and O–H groups in total. The molecule has 0 unspecified atom stereocenters. The number of carbonyl (C=O) groups is 1. The lowest BCUT2D eigenvalue weighted by Gasteiger charge is -2.64. The molecule has 2 bridgehead atoms. The van der Waals surface area contributed by atoms with Crippen LogP contribution in [0.15, 0.2) is 70.4 Å². The van der Waals surface area contributed by atoms with Crippen molar-refractivity contribution in [3.05, 3.63) is 83.3 Å². The third kappa shape index (κ3) is 4.20. The second-order valence-electron chi connectivity index (χ2n) is 12.1. The molecule has 45 heavy (non-hydrogen) atoms. The lowest BCUT2D eigenvalue weighted by atomic mass is 9.48. The van der Waals surface area contributed by atoms with Gasteiger partial charge in [-0.15, -0.1) is 0 Å². The van der Waals surface area contributed by atoms with E-state index in [0.717, 1.165) is 41.0 Å². The number of methoxy groups -OCH3 is 1. The van der Waals surface area contributed by atoms with Crippen LogP contribution in [0.5, 0.6) is 11.5 Å². The van der Waals surface area contributed by atoms with E-state index in [4.69, 9.17) is 13.9 Å². The maximum Gasteiger partial charge on any atom is 0.416 e. The number of likely N-dealkylation sites (N-methyl/N-ethyl adjacent to an activating group) is 1. The number of furan rings is 1. The highest BCUT2D eigenvalue weighted by molar-refractivity contribution is 7.89. The number of sulfonamides is 1. The number of amides is 1. The van der Waals surface area contributed by atoms with Gasteiger partial charge in [0.05, 0.1) is 53.2 Å². The third-order valence-corrected chi connectivity index (χ3v) is 12.1. The van der Waals surface area contributed by atoms with Crippen molar-refractivity contribution >= 4 is 22.0 Å². The maximum atomic E-state index is 14.0.